The summed E-state index contributed by atoms with van der Waals surface area (Å²) in [5.74, 6) is -0.599. The lowest BCUT2D eigenvalue weighted by molar-refractivity contribution is 0.0686. The number of carbonyl (C=O) groups is 2. The van der Waals surface area contributed by atoms with Crippen molar-refractivity contribution in [2.45, 2.75) is 6.61 Å². The minimum Gasteiger partial charge on any atom is -0.486 e. The topological polar surface area (TPSA) is 107 Å². The lowest BCUT2D eigenvalue weighted by atomic mass is 10.3. The van der Waals surface area contributed by atoms with Gasteiger partial charge < -0.3 is 19.6 Å². The molecule has 1 aromatic carbocycles. The minimum atomic E-state index is -1.19. The molecule has 8 nitrogen and oxygen atoms in total. The Bertz CT molecular complexity index is 946. The van der Waals surface area contributed by atoms with E-state index in [-0.39, 0.29) is 23.7 Å². The number of amides is 1. The van der Waals surface area contributed by atoms with Crippen LogP contribution in [0.15, 0.2) is 51.5 Å². The molecular weight excluding hydrogens is 406 g/mol. The maximum atomic E-state index is 12.2. The summed E-state index contributed by atoms with van der Waals surface area (Å²) in [7, 11) is 1.48. The van der Waals surface area contributed by atoms with E-state index in [4.69, 9.17) is 14.3 Å². The molecule has 0 radical (unpaired) electrons. The first-order valence-corrected chi connectivity index (χ1v) is 8.27. The standard InChI is InChI=1S/C17H14BrN3O5/c1-21-15(17(23)24)13(8-19-21)20-16(22)14-7-6-12(26-14)9-25-11-4-2-10(18)3-5-11/h2-8H,9H2,1H3,(H,20,22)(H,23,24). The van der Waals surface area contributed by atoms with Crippen molar-refractivity contribution in [3.63, 3.8) is 0 Å². The Morgan fingerprint density at radius 3 is 2.69 bits per heavy atom. The molecule has 3 aromatic rings. The van der Waals surface area contributed by atoms with Crippen molar-refractivity contribution in [2.75, 3.05) is 5.32 Å². The Kier molecular flexibility index (Phi) is 5.08. The van der Waals surface area contributed by atoms with Crippen molar-refractivity contribution in [1.82, 2.24) is 9.78 Å². The first-order chi connectivity index (χ1) is 12.4. The van der Waals surface area contributed by atoms with Gasteiger partial charge in [0.2, 0.25) is 0 Å². The quantitative estimate of drug-likeness (QED) is 0.634. The van der Waals surface area contributed by atoms with E-state index in [0.29, 0.717) is 11.5 Å². The van der Waals surface area contributed by atoms with Gasteiger partial charge in [0.05, 0.1) is 11.9 Å². The van der Waals surface area contributed by atoms with Gasteiger partial charge in [0.25, 0.3) is 5.91 Å². The molecule has 2 heterocycles. The first kappa shape index (κ1) is 17.7. The molecule has 1 amide bonds. The van der Waals surface area contributed by atoms with E-state index in [9.17, 15) is 9.59 Å². The van der Waals surface area contributed by atoms with Crippen LogP contribution in [-0.2, 0) is 13.7 Å². The summed E-state index contributed by atoms with van der Waals surface area (Å²) in [6.45, 7) is 0.155. The second-order valence-electron chi connectivity index (χ2n) is 5.30. The summed E-state index contributed by atoms with van der Waals surface area (Å²) in [5, 5.41) is 15.5. The number of carboxylic acids is 1. The highest BCUT2D eigenvalue weighted by Gasteiger charge is 2.20. The van der Waals surface area contributed by atoms with Crippen molar-refractivity contribution in [2.24, 2.45) is 7.05 Å². The maximum Gasteiger partial charge on any atom is 0.356 e. The number of nitrogens with one attached hydrogen (secondary N) is 1. The summed E-state index contributed by atoms with van der Waals surface area (Å²) in [6, 6.07) is 10.4. The van der Waals surface area contributed by atoms with Crippen molar-refractivity contribution in [3.05, 3.63) is 64.3 Å². The third-order valence-electron chi connectivity index (χ3n) is 3.47. The number of halogens is 1. The second kappa shape index (κ2) is 7.44. The lowest BCUT2D eigenvalue weighted by Crippen LogP contribution is -2.15. The van der Waals surface area contributed by atoms with Crippen LogP contribution in [-0.4, -0.2) is 26.8 Å². The Balaban J connectivity index is 1.64. The zero-order chi connectivity index (χ0) is 18.7. The molecule has 0 bridgehead atoms. The van der Waals surface area contributed by atoms with Gasteiger partial charge in [-0.25, -0.2) is 4.79 Å². The van der Waals surface area contributed by atoms with Crippen molar-refractivity contribution in [3.8, 4) is 5.75 Å². The fourth-order valence-corrected chi connectivity index (χ4v) is 2.49. The van der Waals surface area contributed by atoms with Crippen molar-refractivity contribution >= 4 is 33.5 Å². The van der Waals surface area contributed by atoms with Crippen LogP contribution in [0.4, 0.5) is 5.69 Å². The van der Waals surface area contributed by atoms with Gasteiger partial charge in [0.1, 0.15) is 18.1 Å². The molecular formula is C17H14BrN3O5. The van der Waals surface area contributed by atoms with Crippen LogP contribution in [0.5, 0.6) is 5.75 Å². The fraction of sp³-hybridized carbons (Fsp3) is 0.118. The monoisotopic (exact) mass is 419 g/mol. The van der Waals surface area contributed by atoms with Crippen molar-refractivity contribution in [1.29, 1.82) is 0 Å². The van der Waals surface area contributed by atoms with Crippen LogP contribution >= 0.6 is 15.9 Å². The van der Waals surface area contributed by atoms with Gasteiger partial charge in [-0.1, -0.05) is 15.9 Å². The van der Waals surface area contributed by atoms with Crippen LogP contribution in [0, 0.1) is 0 Å². The summed E-state index contributed by atoms with van der Waals surface area (Å²) >= 11 is 3.34. The molecule has 0 saturated heterocycles. The van der Waals surface area contributed by atoms with E-state index < -0.39 is 11.9 Å². The summed E-state index contributed by atoms with van der Waals surface area (Å²) < 4.78 is 13.1. The predicted octanol–water partition coefficient (Wildman–Crippen LogP) is 3.31. The van der Waals surface area contributed by atoms with Gasteiger partial charge in [0, 0.05) is 11.5 Å². The number of carboxylic acid groups (broad SMARTS) is 1. The lowest BCUT2D eigenvalue weighted by Gasteiger charge is -2.04. The van der Waals surface area contributed by atoms with E-state index >= 15 is 0 Å². The van der Waals surface area contributed by atoms with Crippen LogP contribution in [0.3, 0.4) is 0 Å². The molecule has 0 unspecified atom stereocenters. The van der Waals surface area contributed by atoms with Gasteiger partial charge in [-0.15, -0.1) is 0 Å². The van der Waals surface area contributed by atoms with Gasteiger partial charge in [0.15, 0.2) is 11.5 Å². The molecule has 3 rings (SSSR count). The second-order valence-corrected chi connectivity index (χ2v) is 6.21. The highest BCUT2D eigenvalue weighted by molar-refractivity contribution is 9.10. The van der Waals surface area contributed by atoms with Crippen LogP contribution in [0.2, 0.25) is 0 Å². The highest BCUT2D eigenvalue weighted by atomic mass is 79.9. The number of ether oxygens (including phenoxy) is 1. The SMILES string of the molecule is Cn1ncc(NC(=O)c2ccc(COc3ccc(Br)cc3)o2)c1C(=O)O. The summed E-state index contributed by atoms with van der Waals surface area (Å²) in [4.78, 5) is 23.5. The smallest absolute Gasteiger partial charge is 0.356 e. The van der Waals surface area contributed by atoms with Gasteiger partial charge >= 0.3 is 5.97 Å². The predicted molar refractivity (Wildman–Crippen MR) is 95.3 cm³/mol. The Morgan fingerprint density at radius 2 is 2.00 bits per heavy atom. The third kappa shape index (κ3) is 3.94. The largest absolute Gasteiger partial charge is 0.486 e. The van der Waals surface area contributed by atoms with E-state index in [0.717, 1.165) is 9.15 Å². The van der Waals surface area contributed by atoms with Crippen LogP contribution in [0.1, 0.15) is 26.8 Å². The number of hydrogen-bond donors (Lipinski definition) is 2. The number of benzene rings is 1. The van der Waals surface area contributed by atoms with E-state index in [1.165, 1.54) is 19.3 Å². The van der Waals surface area contributed by atoms with Crippen LogP contribution < -0.4 is 10.1 Å². The molecule has 2 N–H and O–H groups in total. The van der Waals surface area contributed by atoms with Crippen LogP contribution in [0.25, 0.3) is 0 Å². The molecule has 0 atom stereocenters. The van der Waals surface area contributed by atoms with Gasteiger partial charge in [-0.3, -0.25) is 9.48 Å². The van der Waals surface area contributed by atoms with E-state index in [2.05, 4.69) is 26.3 Å². The molecule has 0 aliphatic rings. The molecule has 0 aliphatic heterocycles. The number of rotatable bonds is 6. The molecule has 0 fully saturated rings. The Labute approximate surface area is 156 Å². The number of aromatic nitrogens is 2. The number of hydrogen-bond acceptors (Lipinski definition) is 5. The zero-order valence-corrected chi connectivity index (χ0v) is 15.2. The number of carbonyl (C=O) groups excluding carboxylic acids is 1. The molecule has 26 heavy (non-hydrogen) atoms. The van der Waals surface area contributed by atoms with Crippen molar-refractivity contribution < 1.29 is 23.8 Å². The zero-order valence-electron chi connectivity index (χ0n) is 13.6. The number of nitrogens with zero attached hydrogens (tertiary/aromatic N) is 2. The number of anilines is 1. The average molecular weight is 420 g/mol. The number of furan rings is 1. The Morgan fingerprint density at radius 1 is 1.27 bits per heavy atom. The van der Waals surface area contributed by atoms with Gasteiger partial charge in [-0.05, 0) is 36.4 Å². The maximum absolute atomic E-state index is 12.2. The number of aromatic carboxylic acids is 1. The van der Waals surface area contributed by atoms with E-state index in [1.54, 1.807) is 18.2 Å². The highest BCUT2D eigenvalue weighted by Crippen LogP contribution is 2.19. The molecule has 2 aromatic heterocycles. The molecule has 134 valence electrons. The fourth-order valence-electron chi connectivity index (χ4n) is 2.23. The minimum absolute atomic E-state index is 0.0413. The molecule has 0 spiro atoms. The van der Waals surface area contributed by atoms with E-state index in [1.807, 2.05) is 12.1 Å². The summed E-state index contributed by atoms with van der Waals surface area (Å²) in [6.07, 6.45) is 1.27. The third-order valence-corrected chi connectivity index (χ3v) is 4.00. The normalized spacial score (nSPS) is 10.5. The first-order valence-electron chi connectivity index (χ1n) is 7.48. The average Bonchev–Trinajstić information content (AvgIpc) is 3.21. The summed E-state index contributed by atoms with van der Waals surface area (Å²) in [5.41, 5.74) is -0.0298. The Hall–Kier alpha value is -3.07. The van der Waals surface area contributed by atoms with Gasteiger partial charge in [-0.2, -0.15) is 5.10 Å². The molecule has 9 heteroatoms. The molecule has 0 aliphatic carbocycles. The molecule has 0 saturated carbocycles. The number of aryl methyl sites for hydroxylation is 1.